The topological polar surface area (TPSA) is 13.1 Å². The summed E-state index contributed by atoms with van der Waals surface area (Å²) < 4.78 is 6.00. The zero-order valence-corrected chi connectivity index (χ0v) is 11.8. The molecule has 0 saturated carbocycles. The number of furan rings is 1. The number of hydrogen-bond donors (Lipinski definition) is 0. The Morgan fingerprint density at radius 2 is 1.24 bits per heavy atom. The van der Waals surface area contributed by atoms with E-state index in [1.54, 1.807) is 0 Å². The Bertz CT molecular complexity index is 934. The summed E-state index contributed by atoms with van der Waals surface area (Å²) in [5.41, 5.74) is 5.93. The fraction of sp³-hybridized carbons (Fsp3) is 0.100. The van der Waals surface area contributed by atoms with Crippen molar-refractivity contribution in [3.05, 3.63) is 83.4 Å². The van der Waals surface area contributed by atoms with Crippen molar-refractivity contribution in [1.82, 2.24) is 0 Å². The van der Waals surface area contributed by atoms with Gasteiger partial charge < -0.3 is 4.42 Å². The van der Waals surface area contributed by atoms with Crippen LogP contribution in [-0.2, 0) is 5.41 Å². The Hall–Kier alpha value is -2.54. The smallest absolute Gasteiger partial charge is 0.135 e. The van der Waals surface area contributed by atoms with Gasteiger partial charge in [-0.25, -0.2) is 0 Å². The quantitative estimate of drug-likeness (QED) is 0.460. The molecule has 1 heterocycles. The van der Waals surface area contributed by atoms with E-state index in [1.807, 2.05) is 0 Å². The van der Waals surface area contributed by atoms with E-state index in [0.717, 1.165) is 11.2 Å². The van der Waals surface area contributed by atoms with Crippen LogP contribution in [0.25, 0.3) is 21.9 Å². The van der Waals surface area contributed by atoms with Crippen molar-refractivity contribution in [2.45, 2.75) is 12.3 Å². The summed E-state index contributed by atoms with van der Waals surface area (Å²) >= 11 is 0. The summed E-state index contributed by atoms with van der Waals surface area (Å²) in [4.78, 5) is 0. The van der Waals surface area contributed by atoms with Crippen molar-refractivity contribution >= 4 is 21.9 Å². The average molecular weight is 270 g/mol. The van der Waals surface area contributed by atoms with Gasteiger partial charge in [0.05, 0.1) is 0 Å². The van der Waals surface area contributed by atoms with Crippen LogP contribution in [-0.4, -0.2) is 0 Å². The molecular formula is C20H14O. The van der Waals surface area contributed by atoms with Gasteiger partial charge in [-0.1, -0.05) is 54.6 Å². The number of hydrogen-bond acceptors (Lipinski definition) is 1. The summed E-state index contributed by atoms with van der Waals surface area (Å²) in [5, 5.41) is 2.57. The van der Waals surface area contributed by atoms with Gasteiger partial charge in [-0.05, 0) is 35.7 Å². The van der Waals surface area contributed by atoms with Gasteiger partial charge in [0.2, 0.25) is 0 Å². The largest absolute Gasteiger partial charge is 0.456 e. The molecule has 0 bridgehead atoms. The van der Waals surface area contributed by atoms with Crippen molar-refractivity contribution in [1.29, 1.82) is 0 Å². The highest BCUT2D eigenvalue weighted by molar-refractivity contribution is 6.13. The lowest BCUT2D eigenvalue weighted by atomic mass is 9.74. The molecule has 4 aromatic rings. The highest BCUT2D eigenvalue weighted by Crippen LogP contribution is 2.52. The van der Waals surface area contributed by atoms with Gasteiger partial charge in [-0.15, -0.1) is 0 Å². The third-order valence-corrected chi connectivity index (χ3v) is 4.95. The first-order chi connectivity index (χ1) is 10.3. The molecule has 100 valence electrons. The van der Waals surface area contributed by atoms with E-state index in [0.29, 0.717) is 0 Å². The maximum absolute atomic E-state index is 6.00. The van der Waals surface area contributed by atoms with Gasteiger partial charge in [0.15, 0.2) is 0 Å². The second-order valence-corrected chi connectivity index (χ2v) is 5.95. The molecule has 1 heteroatoms. The highest BCUT2D eigenvalue weighted by Gasteiger charge is 2.40. The van der Waals surface area contributed by atoms with E-state index in [9.17, 15) is 0 Å². The van der Waals surface area contributed by atoms with Gasteiger partial charge >= 0.3 is 0 Å². The zero-order valence-electron chi connectivity index (χ0n) is 11.8. The standard InChI is InChI=1S/C20H14O/c1-20(13-7-3-2-4-8-13)14-9-5-11-16-18(14)19-15(20)10-6-12-17(19)21-16/h2-12H,1H3. The second kappa shape index (κ2) is 3.56. The van der Waals surface area contributed by atoms with Crippen molar-refractivity contribution in [3.8, 4) is 0 Å². The molecule has 0 radical (unpaired) electrons. The minimum absolute atomic E-state index is 0.0955. The lowest BCUT2D eigenvalue weighted by Gasteiger charge is -2.28. The summed E-state index contributed by atoms with van der Waals surface area (Å²) in [6.45, 7) is 2.33. The lowest BCUT2D eigenvalue weighted by Crippen LogP contribution is -2.22. The van der Waals surface area contributed by atoms with Crippen LogP contribution in [0.2, 0.25) is 0 Å². The zero-order chi connectivity index (χ0) is 14.0. The average Bonchev–Trinajstić information content (AvgIpc) is 3.05. The molecule has 0 spiro atoms. The number of benzene rings is 3. The van der Waals surface area contributed by atoms with Crippen molar-refractivity contribution in [3.63, 3.8) is 0 Å². The van der Waals surface area contributed by atoms with Crippen LogP contribution in [0, 0.1) is 0 Å². The molecule has 1 aliphatic rings. The maximum Gasteiger partial charge on any atom is 0.135 e. The van der Waals surface area contributed by atoms with Crippen molar-refractivity contribution in [2.75, 3.05) is 0 Å². The molecule has 1 aromatic heterocycles. The van der Waals surface area contributed by atoms with E-state index >= 15 is 0 Å². The molecule has 1 nitrogen and oxygen atoms in total. The molecule has 0 amide bonds. The summed E-state index contributed by atoms with van der Waals surface area (Å²) in [6, 6.07) is 23.6. The molecule has 0 unspecified atom stereocenters. The van der Waals surface area contributed by atoms with Crippen molar-refractivity contribution in [2.24, 2.45) is 0 Å². The summed E-state index contributed by atoms with van der Waals surface area (Å²) in [5.74, 6) is 0. The normalized spacial score (nSPS) is 15.3. The Labute approximate surface area is 122 Å². The molecule has 0 N–H and O–H groups in total. The molecular weight excluding hydrogens is 256 g/mol. The molecule has 0 saturated heterocycles. The first-order valence-electron chi connectivity index (χ1n) is 7.31. The molecule has 21 heavy (non-hydrogen) atoms. The molecule has 3 aromatic carbocycles. The maximum atomic E-state index is 6.00. The summed E-state index contributed by atoms with van der Waals surface area (Å²) in [7, 11) is 0. The van der Waals surface area contributed by atoms with Crippen LogP contribution < -0.4 is 0 Å². The fourth-order valence-corrected chi connectivity index (χ4v) is 3.93. The van der Waals surface area contributed by atoms with E-state index in [2.05, 4.69) is 73.7 Å². The van der Waals surface area contributed by atoms with Crippen LogP contribution in [0.3, 0.4) is 0 Å². The SMILES string of the molecule is CC1(c2ccccc2)c2cccc3oc4cccc1c4c23. The minimum atomic E-state index is -0.0955. The monoisotopic (exact) mass is 270 g/mol. The molecule has 0 aliphatic heterocycles. The van der Waals surface area contributed by atoms with E-state index in [1.165, 1.54) is 27.5 Å². The second-order valence-electron chi connectivity index (χ2n) is 5.95. The van der Waals surface area contributed by atoms with Gasteiger partial charge in [0.25, 0.3) is 0 Å². The van der Waals surface area contributed by atoms with Crippen molar-refractivity contribution < 1.29 is 4.42 Å². The lowest BCUT2D eigenvalue weighted by molar-refractivity contribution is 0.659. The van der Waals surface area contributed by atoms with E-state index in [-0.39, 0.29) is 5.41 Å². The Morgan fingerprint density at radius 3 is 1.81 bits per heavy atom. The van der Waals surface area contributed by atoms with Crippen LogP contribution in [0.4, 0.5) is 0 Å². The third kappa shape index (κ3) is 1.18. The van der Waals surface area contributed by atoms with E-state index in [4.69, 9.17) is 4.42 Å². The molecule has 0 fully saturated rings. The van der Waals surface area contributed by atoms with Gasteiger partial charge in [0, 0.05) is 16.2 Å². The van der Waals surface area contributed by atoms with Crippen LogP contribution in [0.15, 0.2) is 71.1 Å². The minimum Gasteiger partial charge on any atom is -0.456 e. The molecule has 1 aliphatic carbocycles. The fourth-order valence-electron chi connectivity index (χ4n) is 3.93. The molecule has 0 atom stereocenters. The Balaban J connectivity index is 2.01. The van der Waals surface area contributed by atoms with Gasteiger partial charge in [-0.2, -0.15) is 0 Å². The summed E-state index contributed by atoms with van der Waals surface area (Å²) in [6.07, 6.45) is 0. The predicted molar refractivity (Wildman–Crippen MR) is 85.7 cm³/mol. The van der Waals surface area contributed by atoms with E-state index < -0.39 is 0 Å². The van der Waals surface area contributed by atoms with Gasteiger partial charge in [-0.3, -0.25) is 0 Å². The van der Waals surface area contributed by atoms with Gasteiger partial charge in [0.1, 0.15) is 11.2 Å². The third-order valence-electron chi connectivity index (χ3n) is 4.95. The predicted octanol–water partition coefficient (Wildman–Crippen LogP) is 5.25. The van der Waals surface area contributed by atoms with Crippen LogP contribution in [0.5, 0.6) is 0 Å². The Kier molecular flexibility index (Phi) is 1.89. The Morgan fingerprint density at radius 1 is 0.667 bits per heavy atom. The highest BCUT2D eigenvalue weighted by atomic mass is 16.3. The molecule has 5 rings (SSSR count). The van der Waals surface area contributed by atoms with Crippen LogP contribution in [0.1, 0.15) is 23.6 Å². The number of rotatable bonds is 1. The first kappa shape index (κ1) is 11.2. The van der Waals surface area contributed by atoms with Crippen LogP contribution >= 0.6 is 0 Å². The first-order valence-corrected chi connectivity index (χ1v) is 7.31.